The number of methoxy groups -OCH3 is 2. The SMILES string of the molecule is Brc1ccnc2[nH]c3ccccc3c12.CC(=O)O.COc1ccc(CN2C(=O)CCC(OS(=O)(=O)C(F)(F)F)C2=O)cc1.COc1ccc(CN2C(=O)CCC(n3c4ccccc4c4c(Br)ccnc43)C2=O)cc1.CS(=O)(=O)O.O=C1CCC(n2c3ccccc3c3c(Br)ccnc32)C(=O)N1.O=P(Br)(Br)Br.ON1CC=Cc2c1[nH]c1ccccc21.OO.[2H]CF.[CH3-].[Y].c1ccc2c(c1)[nH]c1ncccc12. The van der Waals surface area contributed by atoms with Gasteiger partial charge >= 0.3 is 15.6 Å². The average molecular weight is 2440 g/mol. The molecule has 9 aromatic heterocycles. The number of hydroxylamine groups is 1. The summed E-state index contributed by atoms with van der Waals surface area (Å²) >= 11 is 19.0. The molecule has 3 fully saturated rings. The Morgan fingerprint density at radius 2 is 0.950 bits per heavy atom. The van der Waals surface area contributed by atoms with Crippen LogP contribution < -0.4 is 19.9 Å². The van der Waals surface area contributed by atoms with Crippen molar-refractivity contribution >= 4 is 270 Å². The van der Waals surface area contributed by atoms with Gasteiger partial charge < -0.3 is 46.1 Å². The third-order valence-corrected chi connectivity index (χ3v) is 23.6. The van der Waals surface area contributed by atoms with Crippen molar-refractivity contribution in [2.75, 3.05) is 39.2 Å². The normalized spacial score (nSPS) is 15.1. The number of rotatable bonds is 10. The zero-order valence-corrected chi connectivity index (χ0v) is 88.7. The maximum Gasteiger partial charge on any atom is 0.523 e. The first kappa shape index (κ1) is 112. The number of hydrogen-bond donors (Lipinski definition) is 9. The Balaban J connectivity index is 0.000000202. The van der Waals surface area contributed by atoms with E-state index in [1.54, 1.807) is 56.2 Å². The average Bonchev–Trinajstić information content (AvgIpc) is 1.58. The number of aromatic nitrogens is 9. The number of ether oxygens (including phenoxy) is 2. The topological polar surface area (TPSA) is 464 Å². The molecule has 731 valence electrons. The van der Waals surface area contributed by atoms with Crippen LogP contribution >= 0.6 is 97.5 Å². The molecule has 4 aliphatic heterocycles. The van der Waals surface area contributed by atoms with Gasteiger partial charge in [0.15, 0.2) is 6.10 Å². The van der Waals surface area contributed by atoms with Crippen molar-refractivity contribution in [1.82, 2.24) is 59.1 Å². The van der Waals surface area contributed by atoms with E-state index < -0.39 is 78.5 Å². The molecule has 3 saturated heterocycles. The molecule has 20 rings (SSSR count). The standard InChI is InChI=1S/C24H20BrN3O3.C16H12BrN3O2.C14H14F3NO6S.C11H7BrN2.C11H10N2O.C11H8N2.C2H4O2.CH3F.CH4O3S.CH3.Br3OP.H2O2.Y/c1-31-16-8-6-15(7-9-16)14-27-21(29)11-10-20(24(27)30)28-19-5-3-2-4-17(19)22-18(25)12-13-26-23(22)28;17-10-7-8-18-15-14(10)9-3-1-2-4-11(9)20(15)12-5-6-13(21)19-16(12)22;1-23-10-4-2-9(3-5-10)8-18-12(19)7-6-11(13(18)20)24-25(21,22)14(15,16)17;12-8-5-6-13-11-10(8)7-3-1-2-4-9(7)14-11;14-13-7-3-5-9-8-4-1-2-6-10(8)12-11(9)13;1-2-6-10-8(4-1)9-5-3-7-12-11(9)13-10;1-2(3)4;1-2;1-5(2,3)4;;1-5(2,3)4;1-2;/h2-9,12-13,20H,10-11,14H2,1H3;1-4,7-8,12H,5-6H2,(H,19,21,22);2-5,11H,6-8H2,1H3;1-6H,(H,13,14);1-6,12,14H,7H2;1-7H,(H,12,13);1H3,(H,3,4);1H3;1H3,(H,2,3,4);1H3;;1-2H;/q;;;;;;;;;-1;;;/i;;;;;;;1D;;;;;. The molecule has 1 radical (unpaired) electrons. The van der Waals surface area contributed by atoms with Gasteiger partial charge in [-0.25, -0.2) is 29.2 Å². The smallest absolute Gasteiger partial charge is 0.497 e. The number of piperidine rings is 3. The van der Waals surface area contributed by atoms with Crippen LogP contribution in [0.25, 0.3) is 105 Å². The second kappa shape index (κ2) is 51.8. The number of para-hydroxylation sites is 5. The van der Waals surface area contributed by atoms with Gasteiger partial charge in [-0.15, -0.1) is 0 Å². The molecular formula is C92H87Br6F4N13O20PS2Y-. The minimum Gasteiger partial charge on any atom is -0.497 e. The fourth-order valence-electron chi connectivity index (χ4n) is 14.9. The fraction of sp³-hybridized carbons (Fsp3) is 0.196. The number of benzene rings is 7. The Labute approximate surface area is 867 Å². The Hall–Kier alpha value is -10.5. The van der Waals surface area contributed by atoms with Crippen molar-refractivity contribution in [3.05, 3.63) is 269 Å². The summed E-state index contributed by atoms with van der Waals surface area (Å²) in [7, 11) is -7.53. The molecule has 0 saturated carbocycles. The van der Waals surface area contributed by atoms with Crippen LogP contribution in [0.15, 0.2) is 244 Å². The molecule has 47 heteroatoms. The third-order valence-electron chi connectivity index (χ3n) is 20.6. The minimum atomic E-state index is -5.93. The largest absolute Gasteiger partial charge is 0.523 e. The van der Waals surface area contributed by atoms with Crippen molar-refractivity contribution in [2.24, 2.45) is 0 Å². The maximum atomic E-state index is 13.6. The summed E-state index contributed by atoms with van der Waals surface area (Å²) in [6.45, 7) is 1.65. The number of aromatic amines is 3. The summed E-state index contributed by atoms with van der Waals surface area (Å²) in [5.74, 6) is -1.34. The molecule has 6 amide bonds. The Kier molecular flexibility index (Phi) is 41.8. The Bertz CT molecular complexity index is 7370. The number of anilines is 1. The van der Waals surface area contributed by atoms with Crippen LogP contribution in [0.5, 0.6) is 11.5 Å². The summed E-state index contributed by atoms with van der Waals surface area (Å²) in [5.41, 5.74) is 5.43. The molecular weight excluding hydrogens is 2350 g/mol. The van der Waals surface area contributed by atoms with Crippen molar-refractivity contribution < 1.29 is 146 Å². The number of likely N-dealkylation sites (tertiary alicyclic amines) is 2. The zero-order chi connectivity index (χ0) is 101. The number of carbonyl (C=O) groups excluding carboxylic acids is 6. The summed E-state index contributed by atoms with van der Waals surface area (Å²) in [5, 5.41) is 42.7. The van der Waals surface area contributed by atoms with Crippen LogP contribution in [0.4, 0.5) is 23.4 Å². The van der Waals surface area contributed by atoms with Gasteiger partial charge in [0.1, 0.15) is 52.0 Å². The van der Waals surface area contributed by atoms with Crippen LogP contribution in [-0.2, 0) is 108 Å². The molecule has 13 heterocycles. The van der Waals surface area contributed by atoms with Crippen LogP contribution in [0, 0.1) is 7.43 Å². The van der Waals surface area contributed by atoms with E-state index in [9.17, 15) is 72.9 Å². The zero-order valence-electron chi connectivity index (χ0n) is 74.8. The van der Waals surface area contributed by atoms with Crippen molar-refractivity contribution in [2.45, 2.75) is 82.2 Å². The molecule has 0 bridgehead atoms. The van der Waals surface area contributed by atoms with Gasteiger partial charge in [0.2, 0.25) is 23.6 Å². The van der Waals surface area contributed by atoms with Gasteiger partial charge in [0.05, 0.1) is 59.7 Å². The minimum absolute atomic E-state index is 0. The number of halogens is 10. The molecule has 4 aliphatic rings. The first-order valence-corrected chi connectivity index (χ1v) is 53.8. The number of hydrogen-bond acceptors (Lipinski definition) is 23. The summed E-state index contributed by atoms with van der Waals surface area (Å²) in [4.78, 5) is 112. The molecule has 33 nitrogen and oxygen atoms in total. The molecule has 3 unspecified atom stereocenters. The first-order valence-electron chi connectivity index (χ1n) is 41.1. The number of aliphatic carboxylic acids is 1. The first-order chi connectivity index (χ1) is 65.6. The van der Waals surface area contributed by atoms with E-state index in [0.29, 0.717) is 54.7 Å². The van der Waals surface area contributed by atoms with Gasteiger partial charge in [-0.2, -0.15) is 30.0 Å². The van der Waals surface area contributed by atoms with E-state index in [4.69, 9.17) is 35.8 Å². The van der Waals surface area contributed by atoms with Crippen molar-refractivity contribution in [1.29, 1.82) is 0 Å². The molecule has 0 spiro atoms. The molecule has 0 aliphatic carbocycles. The number of nitrogens with one attached hydrogen (secondary N) is 4. The van der Waals surface area contributed by atoms with Gasteiger partial charge in [-0.3, -0.25) is 77.9 Å². The molecule has 3 atom stereocenters. The van der Waals surface area contributed by atoms with Crippen LogP contribution in [0.1, 0.15) is 75.6 Å². The van der Waals surface area contributed by atoms with E-state index in [0.717, 1.165) is 126 Å². The van der Waals surface area contributed by atoms with Gasteiger partial charge in [-0.1, -0.05) is 127 Å². The van der Waals surface area contributed by atoms with E-state index in [-0.39, 0.29) is 83.3 Å². The summed E-state index contributed by atoms with van der Waals surface area (Å²) in [6.07, 6.45) is 10.7. The quantitative estimate of drug-likeness (QED) is 0.00706. The number of amides is 6. The van der Waals surface area contributed by atoms with Gasteiger partial charge in [-0.05, 0) is 163 Å². The second-order valence-corrected chi connectivity index (χ2v) is 53.4. The maximum absolute atomic E-state index is 13.6. The van der Waals surface area contributed by atoms with Gasteiger partial charge in [0, 0.05) is 214 Å². The fourth-order valence-corrected chi connectivity index (χ4v) is 17.0. The predicted octanol–water partition coefficient (Wildman–Crippen LogP) is 21.9. The number of alkyl halides is 4. The molecule has 7 aromatic carbocycles. The number of nitrogens with zero attached hydrogens (tertiary/aromatic N) is 9. The number of fused-ring (bicyclic) bond motifs is 15. The van der Waals surface area contributed by atoms with E-state index in [2.05, 4.69) is 169 Å². The number of carboxylic acid groups (broad SMARTS) is 1. The number of carboxylic acids is 1. The van der Waals surface area contributed by atoms with Crippen molar-refractivity contribution in [3.63, 3.8) is 0 Å². The van der Waals surface area contributed by atoms with Gasteiger partial charge in [0.25, 0.3) is 31.2 Å². The second-order valence-electron chi connectivity index (χ2n) is 29.5. The Morgan fingerprint density at radius 3 is 1.44 bits per heavy atom. The van der Waals surface area contributed by atoms with Crippen molar-refractivity contribution in [3.8, 4) is 11.5 Å². The van der Waals surface area contributed by atoms with E-state index in [1.807, 2.05) is 167 Å². The van der Waals surface area contributed by atoms with Crippen LogP contribution in [0.2, 0.25) is 0 Å². The number of imide groups is 3. The summed E-state index contributed by atoms with van der Waals surface area (Å²) in [6, 6.07) is 63.0. The molecule has 16 aromatic rings. The number of pyridine rings is 4. The van der Waals surface area contributed by atoms with Crippen LogP contribution in [0.3, 0.4) is 0 Å². The summed E-state index contributed by atoms with van der Waals surface area (Å²) < 4.78 is 129. The van der Waals surface area contributed by atoms with E-state index >= 15 is 0 Å². The molecule has 139 heavy (non-hydrogen) atoms. The number of carbonyl (C=O) groups is 7. The number of H-pyrrole nitrogens is 3. The monoisotopic (exact) mass is 2430 g/mol. The van der Waals surface area contributed by atoms with E-state index in [1.165, 1.54) is 33.2 Å². The predicted molar refractivity (Wildman–Crippen MR) is 541 cm³/mol. The van der Waals surface area contributed by atoms with Crippen LogP contribution in [-0.4, -0.2) is 183 Å². The molecule has 9 N–H and O–H groups in total. The Morgan fingerprint density at radius 1 is 0.554 bits per heavy atom. The third kappa shape index (κ3) is 29.6.